The first-order valence-electron chi connectivity index (χ1n) is 9.45. The summed E-state index contributed by atoms with van der Waals surface area (Å²) in [5.41, 5.74) is 23.2. The van der Waals surface area contributed by atoms with Crippen LogP contribution in [0.4, 0.5) is 11.4 Å². The molecule has 4 aromatic rings. The van der Waals surface area contributed by atoms with Crippen LogP contribution in [0, 0.1) is 13.8 Å². The van der Waals surface area contributed by atoms with Gasteiger partial charge in [0.15, 0.2) is 0 Å². The molecule has 0 saturated heterocycles. The second-order valence-corrected chi connectivity index (χ2v) is 7.31. The zero-order valence-electron chi connectivity index (χ0n) is 16.2. The maximum Gasteiger partial charge on any atom is 0.0400 e. The molecule has 0 aromatic heterocycles. The summed E-state index contributed by atoms with van der Waals surface area (Å²) in [7, 11) is 0. The van der Waals surface area contributed by atoms with E-state index >= 15 is 0 Å². The van der Waals surface area contributed by atoms with Crippen LogP contribution in [0.3, 0.4) is 0 Å². The zero-order valence-corrected chi connectivity index (χ0v) is 16.2. The fraction of sp³-hybridized carbons (Fsp3) is 0.0769. The summed E-state index contributed by atoms with van der Waals surface area (Å²) >= 11 is 0. The zero-order chi connectivity index (χ0) is 19.7. The lowest BCUT2D eigenvalue weighted by Crippen LogP contribution is -1.97. The van der Waals surface area contributed by atoms with Crippen molar-refractivity contribution in [3.63, 3.8) is 0 Å². The van der Waals surface area contributed by atoms with Crippen LogP contribution < -0.4 is 11.5 Å². The standard InChI is InChI=1S/C26H24N2/c1-17-3-7-20(8-4-17)25-23(19-11-13-22(27)14-12-19)15-16-24(28)26(25)21-9-5-18(2)6-10-21/h3-16H,27-28H2,1-2H3. The van der Waals surface area contributed by atoms with Crippen LogP contribution in [0.5, 0.6) is 0 Å². The van der Waals surface area contributed by atoms with E-state index in [4.69, 9.17) is 11.5 Å². The Kier molecular flexibility index (Phi) is 4.62. The lowest BCUT2D eigenvalue weighted by atomic mass is 9.86. The number of nitrogen functional groups attached to an aromatic ring is 2. The normalized spacial score (nSPS) is 10.8. The maximum absolute atomic E-state index is 6.51. The Morgan fingerprint density at radius 2 is 0.929 bits per heavy atom. The summed E-state index contributed by atoms with van der Waals surface area (Å²) < 4.78 is 0. The third-order valence-corrected chi connectivity index (χ3v) is 5.14. The third kappa shape index (κ3) is 3.37. The van der Waals surface area contributed by atoms with Gasteiger partial charge in [0, 0.05) is 16.9 Å². The van der Waals surface area contributed by atoms with Crippen molar-refractivity contribution in [2.24, 2.45) is 0 Å². The smallest absolute Gasteiger partial charge is 0.0400 e. The SMILES string of the molecule is Cc1ccc(-c2c(N)ccc(-c3ccc(N)cc3)c2-c2ccc(C)cc2)cc1. The molecule has 0 aliphatic heterocycles. The van der Waals surface area contributed by atoms with Crippen molar-refractivity contribution in [3.05, 3.63) is 96.1 Å². The van der Waals surface area contributed by atoms with Crippen molar-refractivity contribution in [2.45, 2.75) is 13.8 Å². The van der Waals surface area contributed by atoms with Crippen molar-refractivity contribution in [3.8, 4) is 33.4 Å². The van der Waals surface area contributed by atoms with Gasteiger partial charge < -0.3 is 11.5 Å². The van der Waals surface area contributed by atoms with Crippen LogP contribution >= 0.6 is 0 Å². The number of aryl methyl sites for hydroxylation is 2. The summed E-state index contributed by atoms with van der Waals surface area (Å²) in [6.45, 7) is 4.20. The summed E-state index contributed by atoms with van der Waals surface area (Å²) in [6.07, 6.45) is 0. The molecule has 0 aliphatic rings. The topological polar surface area (TPSA) is 52.0 Å². The van der Waals surface area contributed by atoms with Crippen molar-refractivity contribution in [2.75, 3.05) is 11.5 Å². The molecule has 0 spiro atoms. The van der Waals surface area contributed by atoms with E-state index < -0.39 is 0 Å². The molecule has 4 rings (SSSR count). The van der Waals surface area contributed by atoms with E-state index in [1.807, 2.05) is 18.2 Å². The summed E-state index contributed by atoms with van der Waals surface area (Å²) in [5.74, 6) is 0. The molecular formula is C26H24N2. The van der Waals surface area contributed by atoms with Crippen LogP contribution in [0.15, 0.2) is 84.9 Å². The molecule has 2 heteroatoms. The Labute approximate surface area is 166 Å². The molecule has 0 heterocycles. The van der Waals surface area contributed by atoms with E-state index in [1.54, 1.807) is 0 Å². The molecule has 0 aliphatic carbocycles. The minimum atomic E-state index is 0.759. The van der Waals surface area contributed by atoms with Crippen molar-refractivity contribution in [1.82, 2.24) is 0 Å². The van der Waals surface area contributed by atoms with Crippen molar-refractivity contribution < 1.29 is 0 Å². The Hall–Kier alpha value is -3.52. The van der Waals surface area contributed by atoms with E-state index in [-0.39, 0.29) is 0 Å². The third-order valence-electron chi connectivity index (χ3n) is 5.14. The Balaban J connectivity index is 2.04. The van der Waals surface area contributed by atoms with Gasteiger partial charge in [0.25, 0.3) is 0 Å². The molecule has 0 saturated carbocycles. The van der Waals surface area contributed by atoms with Gasteiger partial charge in [-0.2, -0.15) is 0 Å². The minimum absolute atomic E-state index is 0.759. The molecule has 4 aromatic carbocycles. The second-order valence-electron chi connectivity index (χ2n) is 7.31. The lowest BCUT2D eigenvalue weighted by molar-refractivity contribution is 1.45. The van der Waals surface area contributed by atoms with E-state index in [0.29, 0.717) is 0 Å². The molecule has 2 nitrogen and oxygen atoms in total. The Bertz CT molecular complexity index is 1110. The maximum atomic E-state index is 6.51. The molecule has 0 bridgehead atoms. The van der Waals surface area contributed by atoms with E-state index in [2.05, 4.69) is 80.6 Å². The largest absolute Gasteiger partial charge is 0.399 e. The van der Waals surface area contributed by atoms with Gasteiger partial charge in [0.2, 0.25) is 0 Å². The monoisotopic (exact) mass is 364 g/mol. The van der Waals surface area contributed by atoms with Crippen LogP contribution in [0.2, 0.25) is 0 Å². The predicted molar refractivity (Wildman–Crippen MR) is 121 cm³/mol. The Morgan fingerprint density at radius 1 is 0.464 bits per heavy atom. The molecule has 28 heavy (non-hydrogen) atoms. The first-order valence-corrected chi connectivity index (χ1v) is 9.45. The van der Waals surface area contributed by atoms with Gasteiger partial charge in [-0.15, -0.1) is 0 Å². The van der Waals surface area contributed by atoms with Crippen LogP contribution in [-0.4, -0.2) is 0 Å². The molecule has 0 unspecified atom stereocenters. The molecule has 0 fully saturated rings. The highest BCUT2D eigenvalue weighted by Gasteiger charge is 2.17. The second kappa shape index (κ2) is 7.24. The molecular weight excluding hydrogens is 340 g/mol. The van der Waals surface area contributed by atoms with Gasteiger partial charge in [0.05, 0.1) is 0 Å². The molecule has 4 N–H and O–H groups in total. The predicted octanol–water partition coefficient (Wildman–Crippen LogP) is 6.47. The van der Waals surface area contributed by atoms with Gasteiger partial charge in [-0.1, -0.05) is 77.9 Å². The van der Waals surface area contributed by atoms with Gasteiger partial charge in [-0.3, -0.25) is 0 Å². The van der Waals surface area contributed by atoms with E-state index in [0.717, 1.165) is 44.8 Å². The summed E-state index contributed by atoms with van der Waals surface area (Å²) in [6, 6.07) is 29.3. The number of nitrogens with two attached hydrogens (primary N) is 2. The minimum Gasteiger partial charge on any atom is -0.399 e. The highest BCUT2D eigenvalue weighted by Crippen LogP contribution is 2.43. The van der Waals surface area contributed by atoms with Gasteiger partial charge >= 0.3 is 0 Å². The average molecular weight is 364 g/mol. The average Bonchev–Trinajstić information content (AvgIpc) is 2.70. The summed E-state index contributed by atoms with van der Waals surface area (Å²) in [5, 5.41) is 0. The van der Waals surface area contributed by atoms with Gasteiger partial charge in [0.1, 0.15) is 0 Å². The first kappa shape index (κ1) is 17.9. The fourth-order valence-corrected chi connectivity index (χ4v) is 3.57. The van der Waals surface area contributed by atoms with Gasteiger partial charge in [-0.25, -0.2) is 0 Å². The van der Waals surface area contributed by atoms with E-state index in [9.17, 15) is 0 Å². The Morgan fingerprint density at radius 3 is 1.46 bits per heavy atom. The number of hydrogen-bond acceptors (Lipinski definition) is 2. The van der Waals surface area contributed by atoms with Crippen LogP contribution in [0.1, 0.15) is 11.1 Å². The van der Waals surface area contributed by atoms with Crippen molar-refractivity contribution in [1.29, 1.82) is 0 Å². The fourth-order valence-electron chi connectivity index (χ4n) is 3.57. The number of hydrogen-bond donors (Lipinski definition) is 2. The summed E-state index contributed by atoms with van der Waals surface area (Å²) in [4.78, 5) is 0. The van der Waals surface area contributed by atoms with Crippen LogP contribution in [0.25, 0.3) is 33.4 Å². The molecule has 138 valence electrons. The molecule has 0 atom stereocenters. The molecule has 0 radical (unpaired) electrons. The quantitative estimate of drug-likeness (QED) is 0.409. The highest BCUT2D eigenvalue weighted by atomic mass is 14.6. The number of rotatable bonds is 3. The van der Waals surface area contributed by atoms with E-state index in [1.165, 1.54) is 11.1 Å². The number of benzene rings is 4. The highest BCUT2D eigenvalue weighted by molar-refractivity contribution is 5.99. The van der Waals surface area contributed by atoms with Gasteiger partial charge in [-0.05, 0) is 59.9 Å². The molecule has 0 amide bonds. The lowest BCUT2D eigenvalue weighted by Gasteiger charge is -2.19. The van der Waals surface area contributed by atoms with Crippen LogP contribution in [-0.2, 0) is 0 Å². The van der Waals surface area contributed by atoms with Crippen molar-refractivity contribution >= 4 is 11.4 Å². The first-order chi connectivity index (χ1) is 13.5. The number of anilines is 2.